The van der Waals surface area contributed by atoms with Crippen LogP contribution in [-0.2, 0) is 0 Å². The van der Waals surface area contributed by atoms with E-state index >= 15 is 0 Å². The molecule has 1 rings (SSSR count). The molecule has 84 valence electrons. The van der Waals surface area contributed by atoms with Gasteiger partial charge in [-0.2, -0.15) is 11.8 Å². The molecule has 0 aliphatic heterocycles. The number of nitrogens with two attached hydrogens (primary N) is 1. The Morgan fingerprint density at radius 2 is 2.00 bits per heavy atom. The third-order valence-electron chi connectivity index (χ3n) is 2.30. The second kappa shape index (κ2) is 6.75. The van der Waals surface area contributed by atoms with Crippen LogP contribution in [0.5, 0.6) is 5.75 Å². The monoisotopic (exact) mass is 225 g/mol. The van der Waals surface area contributed by atoms with Crippen LogP contribution in [0.3, 0.4) is 0 Å². The second-order valence-corrected chi connectivity index (χ2v) is 4.41. The molecule has 0 aliphatic rings. The maximum Gasteiger partial charge on any atom is 0.119 e. The van der Waals surface area contributed by atoms with Crippen molar-refractivity contribution in [3.8, 4) is 5.75 Å². The van der Waals surface area contributed by atoms with E-state index in [0.29, 0.717) is 0 Å². The zero-order valence-electron chi connectivity index (χ0n) is 9.40. The van der Waals surface area contributed by atoms with E-state index in [1.165, 1.54) is 5.56 Å². The Kier molecular flexibility index (Phi) is 5.58. The fourth-order valence-corrected chi connectivity index (χ4v) is 1.54. The van der Waals surface area contributed by atoms with Crippen LogP contribution in [0.15, 0.2) is 24.3 Å². The number of benzene rings is 1. The third-order valence-corrected chi connectivity index (χ3v) is 2.88. The molecule has 15 heavy (non-hydrogen) atoms. The Bertz CT molecular complexity index is 273. The predicted octanol–water partition coefficient (Wildman–Crippen LogP) is 2.84. The first-order valence-corrected chi connectivity index (χ1v) is 6.64. The lowest BCUT2D eigenvalue weighted by atomic mass is 10.1. The summed E-state index contributed by atoms with van der Waals surface area (Å²) in [6.45, 7) is 2.86. The van der Waals surface area contributed by atoms with Crippen molar-refractivity contribution in [3.05, 3.63) is 29.8 Å². The fraction of sp³-hybridized carbons (Fsp3) is 0.500. The van der Waals surface area contributed by atoms with E-state index in [9.17, 15) is 0 Å². The van der Waals surface area contributed by atoms with Crippen molar-refractivity contribution >= 4 is 11.8 Å². The van der Waals surface area contributed by atoms with Gasteiger partial charge in [0.2, 0.25) is 0 Å². The molecule has 2 nitrogen and oxygen atoms in total. The topological polar surface area (TPSA) is 35.2 Å². The van der Waals surface area contributed by atoms with Gasteiger partial charge in [0.1, 0.15) is 5.75 Å². The normalized spacial score (nSPS) is 12.5. The molecule has 0 aromatic heterocycles. The number of rotatable bonds is 6. The van der Waals surface area contributed by atoms with E-state index < -0.39 is 0 Å². The van der Waals surface area contributed by atoms with Gasteiger partial charge in [-0.1, -0.05) is 19.1 Å². The van der Waals surface area contributed by atoms with E-state index in [-0.39, 0.29) is 6.04 Å². The van der Waals surface area contributed by atoms with E-state index in [4.69, 9.17) is 10.5 Å². The van der Waals surface area contributed by atoms with Gasteiger partial charge in [0, 0.05) is 11.8 Å². The summed E-state index contributed by atoms with van der Waals surface area (Å²) in [6.07, 6.45) is 3.04. The highest BCUT2D eigenvalue weighted by molar-refractivity contribution is 7.98. The quantitative estimate of drug-likeness (QED) is 0.756. The zero-order chi connectivity index (χ0) is 11.1. The minimum Gasteiger partial charge on any atom is -0.493 e. The molecule has 0 aliphatic carbocycles. The lowest BCUT2D eigenvalue weighted by Gasteiger charge is -2.10. The smallest absolute Gasteiger partial charge is 0.119 e. The van der Waals surface area contributed by atoms with Crippen molar-refractivity contribution in [1.29, 1.82) is 0 Å². The SMILES string of the molecule is CCC(N)c1ccc(OCCSC)cc1. The predicted molar refractivity (Wildman–Crippen MR) is 67.5 cm³/mol. The lowest BCUT2D eigenvalue weighted by molar-refractivity contribution is 0.344. The summed E-state index contributed by atoms with van der Waals surface area (Å²) in [6, 6.07) is 8.21. The summed E-state index contributed by atoms with van der Waals surface area (Å²) in [4.78, 5) is 0. The molecule has 0 heterocycles. The van der Waals surface area contributed by atoms with Crippen LogP contribution in [0, 0.1) is 0 Å². The van der Waals surface area contributed by atoms with Gasteiger partial charge in [0.05, 0.1) is 6.61 Å². The van der Waals surface area contributed by atoms with E-state index in [2.05, 4.69) is 13.2 Å². The maximum absolute atomic E-state index is 5.92. The van der Waals surface area contributed by atoms with Crippen molar-refractivity contribution in [2.24, 2.45) is 5.73 Å². The van der Waals surface area contributed by atoms with Crippen molar-refractivity contribution in [2.45, 2.75) is 19.4 Å². The van der Waals surface area contributed by atoms with E-state index in [1.807, 2.05) is 24.3 Å². The highest BCUT2D eigenvalue weighted by Gasteiger charge is 2.02. The van der Waals surface area contributed by atoms with Crippen molar-refractivity contribution in [2.75, 3.05) is 18.6 Å². The highest BCUT2D eigenvalue weighted by atomic mass is 32.2. The largest absolute Gasteiger partial charge is 0.493 e. The van der Waals surface area contributed by atoms with E-state index in [1.54, 1.807) is 11.8 Å². The van der Waals surface area contributed by atoms with Crippen molar-refractivity contribution in [1.82, 2.24) is 0 Å². The van der Waals surface area contributed by atoms with Gasteiger partial charge >= 0.3 is 0 Å². The van der Waals surface area contributed by atoms with Gasteiger partial charge in [0.15, 0.2) is 0 Å². The molecule has 1 atom stereocenters. The van der Waals surface area contributed by atoms with Crippen LogP contribution in [0.1, 0.15) is 24.9 Å². The number of hydrogen-bond acceptors (Lipinski definition) is 3. The summed E-state index contributed by atoms with van der Waals surface area (Å²) in [7, 11) is 0. The van der Waals surface area contributed by atoms with Crippen molar-refractivity contribution < 1.29 is 4.74 Å². The molecule has 1 aromatic rings. The third kappa shape index (κ3) is 4.14. The van der Waals surface area contributed by atoms with Crippen LogP contribution < -0.4 is 10.5 Å². The molecule has 0 fully saturated rings. The molecule has 2 N–H and O–H groups in total. The van der Waals surface area contributed by atoms with Gasteiger partial charge in [-0.05, 0) is 30.4 Å². The van der Waals surface area contributed by atoms with Crippen molar-refractivity contribution in [3.63, 3.8) is 0 Å². The Morgan fingerprint density at radius 1 is 1.33 bits per heavy atom. The van der Waals surface area contributed by atoms with Gasteiger partial charge in [-0.15, -0.1) is 0 Å². The Morgan fingerprint density at radius 3 is 2.53 bits per heavy atom. The number of ether oxygens (including phenoxy) is 1. The van der Waals surface area contributed by atoms with Crippen LogP contribution in [0.25, 0.3) is 0 Å². The number of hydrogen-bond donors (Lipinski definition) is 1. The van der Waals surface area contributed by atoms with Crippen LogP contribution in [-0.4, -0.2) is 18.6 Å². The molecule has 1 aromatic carbocycles. The summed E-state index contributed by atoms with van der Waals surface area (Å²) in [5.41, 5.74) is 7.10. The van der Waals surface area contributed by atoms with Crippen LogP contribution >= 0.6 is 11.8 Å². The molecule has 3 heteroatoms. The number of thioether (sulfide) groups is 1. The average molecular weight is 225 g/mol. The van der Waals surface area contributed by atoms with Crippen LogP contribution in [0.2, 0.25) is 0 Å². The molecule has 0 amide bonds. The zero-order valence-corrected chi connectivity index (χ0v) is 10.2. The molecular weight excluding hydrogens is 206 g/mol. The van der Waals surface area contributed by atoms with E-state index in [0.717, 1.165) is 24.5 Å². The first-order chi connectivity index (χ1) is 7.27. The molecule has 0 saturated carbocycles. The minimum absolute atomic E-state index is 0.144. The highest BCUT2D eigenvalue weighted by Crippen LogP contribution is 2.18. The summed E-state index contributed by atoms with van der Waals surface area (Å²) in [5, 5.41) is 0. The maximum atomic E-state index is 5.92. The molecule has 0 bridgehead atoms. The summed E-state index contributed by atoms with van der Waals surface area (Å²) >= 11 is 1.79. The lowest BCUT2D eigenvalue weighted by Crippen LogP contribution is -2.08. The van der Waals surface area contributed by atoms with Crippen LogP contribution in [0.4, 0.5) is 0 Å². The molecule has 0 radical (unpaired) electrons. The first-order valence-electron chi connectivity index (χ1n) is 5.25. The van der Waals surface area contributed by atoms with Gasteiger partial charge in [-0.25, -0.2) is 0 Å². The van der Waals surface area contributed by atoms with Gasteiger partial charge in [0.25, 0.3) is 0 Å². The van der Waals surface area contributed by atoms with Gasteiger partial charge in [-0.3, -0.25) is 0 Å². The summed E-state index contributed by atoms with van der Waals surface area (Å²) < 4.78 is 5.55. The Labute approximate surface area is 96.2 Å². The Balaban J connectivity index is 2.49. The second-order valence-electron chi connectivity index (χ2n) is 3.43. The standard InChI is InChI=1S/C12H19NOS/c1-3-12(13)10-4-6-11(7-5-10)14-8-9-15-2/h4-7,12H,3,8-9,13H2,1-2H3. The van der Waals surface area contributed by atoms with Gasteiger partial charge < -0.3 is 10.5 Å². The summed E-state index contributed by atoms with van der Waals surface area (Å²) in [5.74, 6) is 1.95. The molecule has 0 saturated heterocycles. The fourth-order valence-electron chi connectivity index (χ4n) is 1.29. The minimum atomic E-state index is 0.144. The first kappa shape index (κ1) is 12.4. The molecule has 1 unspecified atom stereocenters. The average Bonchev–Trinajstić information content (AvgIpc) is 2.29. The molecular formula is C12H19NOS. The molecule has 0 spiro atoms. The Hall–Kier alpha value is -0.670.